The van der Waals surface area contributed by atoms with Crippen LogP contribution in [0, 0.1) is 5.92 Å². The van der Waals surface area contributed by atoms with Gasteiger partial charge >= 0.3 is 0 Å². The Hall–Kier alpha value is 0.160. The van der Waals surface area contributed by atoms with Crippen LogP contribution in [-0.4, -0.2) is 26.3 Å². The van der Waals surface area contributed by atoms with E-state index in [1.54, 1.807) is 0 Å². The molecule has 0 radical (unpaired) electrons. The van der Waals surface area contributed by atoms with E-state index in [9.17, 15) is 8.42 Å². The Balaban J connectivity index is 0.00000180. The van der Waals surface area contributed by atoms with E-state index in [1.165, 1.54) is 19.3 Å². The quantitative estimate of drug-likeness (QED) is 0.817. The molecule has 2 fully saturated rings. The zero-order valence-corrected chi connectivity index (χ0v) is 13.2. The predicted molar refractivity (Wildman–Crippen MR) is 81.0 cm³/mol. The van der Waals surface area contributed by atoms with Gasteiger partial charge in [-0.15, -0.1) is 12.4 Å². The van der Waals surface area contributed by atoms with Crippen molar-refractivity contribution in [3.05, 3.63) is 0 Å². The van der Waals surface area contributed by atoms with E-state index in [0.717, 1.165) is 38.5 Å². The molecule has 2 aliphatic rings. The molecule has 19 heavy (non-hydrogen) atoms. The highest BCUT2D eigenvalue weighted by atomic mass is 35.5. The minimum absolute atomic E-state index is 0. The first-order chi connectivity index (χ1) is 8.55. The van der Waals surface area contributed by atoms with Gasteiger partial charge in [0.15, 0.2) is 0 Å². The van der Waals surface area contributed by atoms with Gasteiger partial charge in [-0.1, -0.05) is 32.1 Å². The number of rotatable bonds is 5. The minimum Gasteiger partial charge on any atom is -0.329 e. The zero-order chi connectivity index (χ0) is 13.1. The first kappa shape index (κ1) is 17.2. The van der Waals surface area contributed by atoms with Crippen molar-refractivity contribution in [1.29, 1.82) is 0 Å². The number of hydrogen-bond donors (Lipinski definition) is 2. The lowest BCUT2D eigenvalue weighted by Gasteiger charge is -2.30. The molecule has 0 atom stereocenters. The van der Waals surface area contributed by atoms with Crippen LogP contribution in [0.15, 0.2) is 0 Å². The normalized spacial score (nSPS) is 24.1. The molecular weight excluding hydrogens is 284 g/mol. The van der Waals surface area contributed by atoms with Gasteiger partial charge < -0.3 is 5.73 Å². The lowest BCUT2D eigenvalue weighted by Crippen LogP contribution is -2.52. The second-order valence-electron chi connectivity index (χ2n) is 6.08. The fourth-order valence-corrected chi connectivity index (χ4v) is 5.42. The van der Waals surface area contributed by atoms with Crippen LogP contribution in [0.5, 0.6) is 0 Å². The largest absolute Gasteiger partial charge is 0.329 e. The van der Waals surface area contributed by atoms with Crippen molar-refractivity contribution in [3.8, 4) is 0 Å². The molecule has 0 bridgehead atoms. The van der Waals surface area contributed by atoms with Gasteiger partial charge in [0.1, 0.15) is 0 Å². The Morgan fingerprint density at radius 2 is 1.63 bits per heavy atom. The summed E-state index contributed by atoms with van der Waals surface area (Å²) in [5, 5.41) is 0. The van der Waals surface area contributed by atoms with E-state index in [1.807, 2.05) is 0 Å². The van der Waals surface area contributed by atoms with Crippen LogP contribution in [0.25, 0.3) is 0 Å². The van der Waals surface area contributed by atoms with Crippen LogP contribution in [0.2, 0.25) is 0 Å². The molecule has 6 heteroatoms. The average Bonchev–Trinajstić information content (AvgIpc) is 2.78. The smallest absolute Gasteiger partial charge is 0.212 e. The number of nitrogens with two attached hydrogens (primary N) is 1. The summed E-state index contributed by atoms with van der Waals surface area (Å²) in [6, 6.07) is 0. The molecule has 2 saturated carbocycles. The monoisotopic (exact) mass is 310 g/mol. The van der Waals surface area contributed by atoms with Crippen molar-refractivity contribution in [2.45, 2.75) is 63.3 Å². The van der Waals surface area contributed by atoms with Crippen molar-refractivity contribution in [1.82, 2.24) is 4.72 Å². The molecule has 0 saturated heterocycles. The third kappa shape index (κ3) is 4.88. The summed E-state index contributed by atoms with van der Waals surface area (Å²) in [5.41, 5.74) is 5.44. The topological polar surface area (TPSA) is 72.2 Å². The van der Waals surface area contributed by atoms with Crippen molar-refractivity contribution >= 4 is 22.4 Å². The molecule has 0 unspecified atom stereocenters. The molecular formula is C13H27ClN2O2S. The van der Waals surface area contributed by atoms with Gasteiger partial charge in [0.25, 0.3) is 0 Å². The van der Waals surface area contributed by atoms with Crippen LogP contribution in [0.1, 0.15) is 57.8 Å². The Morgan fingerprint density at radius 3 is 2.16 bits per heavy atom. The van der Waals surface area contributed by atoms with Crippen molar-refractivity contribution in [3.63, 3.8) is 0 Å². The van der Waals surface area contributed by atoms with Gasteiger partial charge in [0.2, 0.25) is 10.0 Å². The fourth-order valence-electron chi connectivity index (χ4n) is 3.44. The average molecular weight is 311 g/mol. The maximum absolute atomic E-state index is 12.3. The van der Waals surface area contributed by atoms with Crippen molar-refractivity contribution < 1.29 is 8.42 Å². The molecule has 2 rings (SSSR count). The van der Waals surface area contributed by atoms with Crippen LogP contribution >= 0.6 is 12.4 Å². The summed E-state index contributed by atoms with van der Waals surface area (Å²) < 4.78 is 27.4. The van der Waals surface area contributed by atoms with Crippen LogP contribution in [0.3, 0.4) is 0 Å². The second kappa shape index (κ2) is 7.25. The molecule has 2 aliphatic carbocycles. The highest BCUT2D eigenvalue weighted by molar-refractivity contribution is 7.89. The summed E-state index contributed by atoms with van der Waals surface area (Å²) >= 11 is 0. The van der Waals surface area contributed by atoms with Gasteiger partial charge in [0, 0.05) is 12.1 Å². The summed E-state index contributed by atoms with van der Waals surface area (Å²) in [6.07, 6.45) is 9.72. The Labute approximate surface area is 123 Å². The summed E-state index contributed by atoms with van der Waals surface area (Å²) in [5.74, 6) is 0.654. The number of nitrogens with one attached hydrogen (secondary N) is 1. The summed E-state index contributed by atoms with van der Waals surface area (Å²) in [6.45, 7) is 0.427. The van der Waals surface area contributed by atoms with Gasteiger partial charge in [-0.25, -0.2) is 13.1 Å². The van der Waals surface area contributed by atoms with Crippen LogP contribution < -0.4 is 10.5 Å². The molecule has 0 aromatic carbocycles. The van der Waals surface area contributed by atoms with E-state index >= 15 is 0 Å². The molecule has 4 nitrogen and oxygen atoms in total. The SMILES string of the molecule is Cl.NCC1(NS(=O)(=O)CC2CCCCC2)CCCC1. The molecule has 0 aliphatic heterocycles. The molecule has 114 valence electrons. The fraction of sp³-hybridized carbons (Fsp3) is 1.00. The zero-order valence-electron chi connectivity index (χ0n) is 11.6. The number of sulfonamides is 1. The molecule has 0 heterocycles. The molecule has 0 amide bonds. The van der Waals surface area contributed by atoms with Crippen LogP contribution in [-0.2, 0) is 10.0 Å². The minimum atomic E-state index is -3.17. The third-order valence-electron chi connectivity index (χ3n) is 4.50. The van der Waals surface area contributed by atoms with E-state index in [4.69, 9.17) is 5.73 Å². The van der Waals surface area contributed by atoms with Gasteiger partial charge in [-0.05, 0) is 31.6 Å². The van der Waals surface area contributed by atoms with Gasteiger partial charge in [-0.3, -0.25) is 0 Å². The van der Waals surface area contributed by atoms with Crippen molar-refractivity contribution in [2.75, 3.05) is 12.3 Å². The van der Waals surface area contributed by atoms with E-state index in [2.05, 4.69) is 4.72 Å². The van der Waals surface area contributed by atoms with Gasteiger partial charge in [0.05, 0.1) is 5.75 Å². The van der Waals surface area contributed by atoms with E-state index in [0.29, 0.717) is 18.2 Å². The first-order valence-corrected chi connectivity index (χ1v) is 8.92. The van der Waals surface area contributed by atoms with E-state index < -0.39 is 10.0 Å². The summed E-state index contributed by atoms with van der Waals surface area (Å²) in [4.78, 5) is 0. The number of hydrogen-bond acceptors (Lipinski definition) is 3. The predicted octanol–water partition coefficient (Wildman–Crippen LogP) is 2.18. The lowest BCUT2D eigenvalue weighted by molar-refractivity contribution is 0.371. The maximum atomic E-state index is 12.3. The second-order valence-corrected chi connectivity index (χ2v) is 7.85. The van der Waals surface area contributed by atoms with Gasteiger partial charge in [-0.2, -0.15) is 0 Å². The summed E-state index contributed by atoms with van der Waals surface area (Å²) in [7, 11) is -3.17. The number of halogens is 1. The Morgan fingerprint density at radius 1 is 1.05 bits per heavy atom. The molecule has 0 spiro atoms. The Kier molecular flexibility index (Phi) is 6.57. The highest BCUT2D eigenvalue weighted by Gasteiger charge is 2.36. The molecule has 0 aromatic heterocycles. The highest BCUT2D eigenvalue weighted by Crippen LogP contribution is 2.30. The van der Waals surface area contributed by atoms with Crippen molar-refractivity contribution in [2.24, 2.45) is 11.7 Å². The van der Waals surface area contributed by atoms with Crippen LogP contribution in [0.4, 0.5) is 0 Å². The Bertz CT molecular complexity index is 361. The molecule has 0 aromatic rings. The van der Waals surface area contributed by atoms with E-state index in [-0.39, 0.29) is 17.9 Å². The maximum Gasteiger partial charge on any atom is 0.212 e. The molecule has 3 N–H and O–H groups in total. The third-order valence-corrected chi connectivity index (χ3v) is 6.16. The lowest BCUT2D eigenvalue weighted by atomic mass is 9.91. The first-order valence-electron chi connectivity index (χ1n) is 7.27. The standard InChI is InChI=1S/C13H26N2O2S.ClH/c14-11-13(8-4-5-9-13)15-18(16,17)10-12-6-2-1-3-7-12;/h12,15H,1-11,14H2;1H.